The molecular weight excluding hydrogens is 995 g/mol. The van der Waals surface area contributed by atoms with Crippen LogP contribution in [0.1, 0.15) is 78.4 Å². The molecule has 21 nitrogen and oxygen atoms in total. The smallest absolute Gasteiger partial charge is 0.307 e. The number of amides is 2. The average molecular weight is 1060 g/mol. The van der Waals surface area contributed by atoms with Crippen molar-refractivity contribution in [1.82, 2.24) is 19.9 Å². The average Bonchev–Trinajstić information content (AvgIpc) is 3.66. The van der Waals surface area contributed by atoms with Gasteiger partial charge in [0.2, 0.25) is 10.9 Å². The van der Waals surface area contributed by atoms with Gasteiger partial charge in [0.25, 0.3) is 11.8 Å². The third-order valence-corrected chi connectivity index (χ3v) is 14.6. The van der Waals surface area contributed by atoms with E-state index >= 15 is 0 Å². The number of piperazine rings is 1. The number of carbonyl (C=O) groups excluding carboxylic acids is 3. The number of aromatic hydroxyl groups is 1. The Hall–Kier alpha value is -7.46. The first-order valence-electron chi connectivity index (χ1n) is 25.6. The number of phenols is 1. The van der Waals surface area contributed by atoms with Gasteiger partial charge in [-0.05, 0) is 25.8 Å². The molecule has 1 saturated heterocycles. The van der Waals surface area contributed by atoms with Crippen molar-refractivity contribution in [2.45, 2.75) is 99.4 Å². The molecular formula is C56H69N7O14. The van der Waals surface area contributed by atoms with Crippen LogP contribution in [0.5, 0.6) is 11.5 Å². The number of phenolic OH excluding ortho intramolecular Hbond substituents is 1. The molecule has 1 fully saturated rings. The number of hydrogen-bond acceptors (Lipinski definition) is 19. The lowest BCUT2D eigenvalue weighted by atomic mass is 9.78. The molecule has 77 heavy (non-hydrogen) atoms. The number of nitrogens with one attached hydrogen (secondary N) is 1. The summed E-state index contributed by atoms with van der Waals surface area (Å²) >= 11 is 0. The van der Waals surface area contributed by atoms with Gasteiger partial charge in [0.15, 0.2) is 22.4 Å². The number of methoxy groups -OCH3 is 1. The van der Waals surface area contributed by atoms with E-state index in [1.54, 1.807) is 45.9 Å². The number of fused-ring (bicyclic) bond motifs is 2. The molecule has 0 aliphatic carbocycles. The van der Waals surface area contributed by atoms with Gasteiger partial charge in [-0.3, -0.25) is 33.9 Å². The Balaban J connectivity index is 0.000000867. The van der Waals surface area contributed by atoms with E-state index < -0.39 is 94.0 Å². The molecule has 2 aromatic heterocycles. The molecule has 3 aliphatic heterocycles. The number of aliphatic hydroxyl groups excluding tert-OH is 3. The Morgan fingerprint density at radius 2 is 1.65 bits per heavy atom. The molecule has 3 aromatic carbocycles. The number of carbonyl (C=O) groups is 3. The quantitative estimate of drug-likeness (QED) is 0.0747. The van der Waals surface area contributed by atoms with Crippen LogP contribution >= 0.6 is 0 Å². The lowest BCUT2D eigenvalue weighted by Gasteiger charge is -2.38. The van der Waals surface area contributed by atoms with Crippen LogP contribution < -0.4 is 36.8 Å². The third-order valence-electron chi connectivity index (χ3n) is 14.6. The molecule has 7 N–H and O–H groups in total. The van der Waals surface area contributed by atoms with Gasteiger partial charge < -0.3 is 59.7 Å². The minimum absolute atomic E-state index is 0.0390. The van der Waals surface area contributed by atoms with Crippen molar-refractivity contribution >= 4 is 67.9 Å². The molecule has 5 aromatic rings. The predicted molar refractivity (Wildman–Crippen MR) is 289 cm³/mol. The molecule has 4 bridgehead atoms. The van der Waals surface area contributed by atoms with Gasteiger partial charge in [-0.2, -0.15) is 0 Å². The first kappa shape index (κ1) is 57.2. The number of esters is 1. The molecule has 0 unspecified atom stereocenters. The second-order valence-corrected chi connectivity index (χ2v) is 20.7. The zero-order chi connectivity index (χ0) is 56.4. The molecule has 2 amide bonds. The van der Waals surface area contributed by atoms with Gasteiger partial charge in [0.05, 0.1) is 41.4 Å². The molecule has 3 aliphatic rings. The zero-order valence-corrected chi connectivity index (χ0v) is 45.2. The van der Waals surface area contributed by atoms with Crippen molar-refractivity contribution in [3.8, 4) is 11.5 Å². The van der Waals surface area contributed by atoms with E-state index in [9.17, 15) is 44.4 Å². The van der Waals surface area contributed by atoms with Gasteiger partial charge in [-0.25, -0.2) is 9.97 Å². The lowest BCUT2D eigenvalue weighted by molar-refractivity contribution is -0.160. The molecule has 0 spiro atoms. The zero-order valence-electron chi connectivity index (χ0n) is 45.2. The summed E-state index contributed by atoms with van der Waals surface area (Å²) in [6.07, 6.45) is 7.79. The van der Waals surface area contributed by atoms with Crippen LogP contribution in [0, 0.1) is 36.5 Å². The number of hydrogen-bond donors (Lipinski definition) is 6. The number of anilines is 2. The van der Waals surface area contributed by atoms with E-state index in [0.29, 0.717) is 24.7 Å². The van der Waals surface area contributed by atoms with E-state index in [-0.39, 0.29) is 66.5 Å². The van der Waals surface area contributed by atoms with Crippen molar-refractivity contribution < 1.29 is 58.2 Å². The van der Waals surface area contributed by atoms with Gasteiger partial charge >= 0.3 is 11.8 Å². The summed E-state index contributed by atoms with van der Waals surface area (Å²) in [5.41, 5.74) is 3.72. The molecule has 21 heteroatoms. The van der Waals surface area contributed by atoms with Crippen molar-refractivity contribution in [2.24, 2.45) is 35.3 Å². The SMILES string of the molecule is CO[C@H]1/C=C/O[C@@]2(C)Oc3c(C)c(O)c4c(=O)c(c5oc6cc(N7CCN(CC(C)C)CC7)cc(=O)c6nc5c4c3=C2O)NC(=O)/C(C)=C\C=C\[C@H](C)[C@H](O)[C@@H](C)[C@@H](O)[C@@H](C)[C@H](OC(C)=O)[C@@H]1C.NC(=O)c1cnccn1. The maximum Gasteiger partial charge on any atom is 0.307 e. The van der Waals surface area contributed by atoms with Crippen molar-refractivity contribution in [1.29, 1.82) is 0 Å². The molecule has 5 heterocycles. The summed E-state index contributed by atoms with van der Waals surface area (Å²) < 4.78 is 30.5. The van der Waals surface area contributed by atoms with Crippen LogP contribution in [0.4, 0.5) is 11.4 Å². The van der Waals surface area contributed by atoms with Crippen molar-refractivity contribution in [3.63, 3.8) is 0 Å². The maximum absolute atomic E-state index is 14.9. The normalized spacial score (nSPS) is 27.1. The van der Waals surface area contributed by atoms with Crippen molar-refractivity contribution in [3.05, 3.63) is 104 Å². The van der Waals surface area contributed by atoms with Gasteiger partial charge in [-0.1, -0.05) is 59.8 Å². The number of primary amides is 1. The highest BCUT2D eigenvalue weighted by Gasteiger charge is 2.44. The molecule has 0 radical (unpaired) electrons. The first-order valence-corrected chi connectivity index (χ1v) is 25.6. The molecule has 9 atom stereocenters. The highest BCUT2D eigenvalue weighted by Crippen LogP contribution is 2.42. The van der Waals surface area contributed by atoms with E-state index in [1.807, 2.05) is 0 Å². The van der Waals surface area contributed by atoms with Crippen LogP contribution in [-0.2, 0) is 23.8 Å². The Morgan fingerprint density at radius 1 is 0.948 bits per heavy atom. The number of ether oxygens (including phenoxy) is 4. The van der Waals surface area contributed by atoms with Crippen LogP contribution in [0.25, 0.3) is 38.7 Å². The first-order chi connectivity index (χ1) is 36.4. The van der Waals surface area contributed by atoms with E-state index in [2.05, 4.69) is 38.9 Å². The number of nitrogens with two attached hydrogens (primary N) is 1. The maximum atomic E-state index is 14.9. The largest absolute Gasteiger partial charge is 0.507 e. The Kier molecular flexibility index (Phi) is 17.4. The Morgan fingerprint density at radius 3 is 2.26 bits per heavy atom. The van der Waals surface area contributed by atoms with Crippen LogP contribution in [0.3, 0.4) is 0 Å². The summed E-state index contributed by atoms with van der Waals surface area (Å²) in [6, 6.07) is 3.16. The monoisotopic (exact) mass is 1060 g/mol. The van der Waals surface area contributed by atoms with Gasteiger partial charge in [0.1, 0.15) is 34.5 Å². The fraction of sp³-hybridized carbons (Fsp3) is 0.464. The summed E-state index contributed by atoms with van der Waals surface area (Å²) in [5, 5.41) is 49.3. The number of nitrogens with zero attached hydrogens (tertiary/aromatic N) is 5. The van der Waals surface area contributed by atoms with E-state index in [4.69, 9.17) is 34.1 Å². The van der Waals surface area contributed by atoms with Crippen LogP contribution in [0.2, 0.25) is 0 Å². The van der Waals surface area contributed by atoms with Gasteiger partial charge in [0, 0.05) is 124 Å². The minimum atomic E-state index is -1.98. The van der Waals surface area contributed by atoms with Crippen LogP contribution in [0.15, 0.2) is 80.9 Å². The summed E-state index contributed by atoms with van der Waals surface area (Å²) in [5.74, 6) is -6.98. The summed E-state index contributed by atoms with van der Waals surface area (Å²) in [4.78, 5) is 82.3. The number of allylic oxidation sites excluding steroid dienone is 2. The predicted octanol–water partition coefficient (Wildman–Crippen LogP) is 4.91. The topological polar surface area (TPSA) is 300 Å². The third kappa shape index (κ3) is 11.8. The molecule has 8 rings (SSSR count). The highest BCUT2D eigenvalue weighted by atomic mass is 16.7. The fourth-order valence-electron chi connectivity index (χ4n) is 10.2. The Bertz CT molecular complexity index is 3340. The summed E-state index contributed by atoms with van der Waals surface area (Å²) in [6.45, 7) is 20.8. The lowest BCUT2D eigenvalue weighted by Crippen LogP contribution is -2.47. The van der Waals surface area contributed by atoms with E-state index in [1.165, 1.54) is 77.9 Å². The van der Waals surface area contributed by atoms with Crippen LogP contribution in [-0.4, -0.2) is 128 Å². The van der Waals surface area contributed by atoms with E-state index in [0.717, 1.165) is 19.6 Å². The molecule has 412 valence electrons. The number of aliphatic hydroxyl groups is 3. The highest BCUT2D eigenvalue weighted by molar-refractivity contribution is 6.17. The fourth-order valence-corrected chi connectivity index (χ4v) is 10.2. The second kappa shape index (κ2) is 23.4. The second-order valence-electron chi connectivity index (χ2n) is 20.7. The van der Waals surface area contributed by atoms with Crippen molar-refractivity contribution in [2.75, 3.05) is 50.1 Å². The molecule has 0 saturated carbocycles. The minimum Gasteiger partial charge on any atom is -0.507 e. The summed E-state index contributed by atoms with van der Waals surface area (Å²) in [7, 11) is 1.45. The Labute approximate surface area is 444 Å². The number of aromatic nitrogens is 3. The number of benzene rings is 3. The number of rotatable bonds is 6. The van der Waals surface area contributed by atoms with Gasteiger partial charge in [-0.15, -0.1) is 0 Å². The standard InChI is InChI=1S/C51H64N4O13.C5H5N3O/c1-24(2)23-54-16-18-55(19-17-54)32-21-33(57)39-35(22-32)67-48-40(52-39)36-37-44(60)30(8)47-38(36)49(62)51(10,68-47)65-20-15-34(64-11)27(5)46(66-31(9)56)29(7)43(59)28(6)42(58)25(3)13-12-14-26(4)50(63)53-41(48)45(37)61;6-5(9)4-3-7-1-2-8-4/h12-15,20-22,24-25,27-29,34,42-43,46,58-60,62H,16-19,23H2,1-11H3,(H,53,63);1-3H,(H2,6,9)/b13-12+,20-15+,26-14-;/t25-,27+,28+,29+,34-,42-,43+,46+,51-;/m0./s1.